The highest BCUT2D eigenvalue weighted by atomic mass is 32.1. The molecule has 0 spiro atoms. The monoisotopic (exact) mass is 282 g/mol. The predicted octanol–water partition coefficient (Wildman–Crippen LogP) is 1.28. The molecule has 102 valence electrons. The zero-order chi connectivity index (χ0) is 14.2. The van der Waals surface area contributed by atoms with E-state index in [1.165, 1.54) is 11.3 Å². The van der Waals surface area contributed by atoms with Gasteiger partial charge in [-0.3, -0.25) is 9.59 Å². The molecular weight excluding hydrogens is 268 g/mol. The first-order chi connectivity index (χ1) is 8.90. The maximum atomic E-state index is 11.9. The number of aromatic carboxylic acids is 1. The molecule has 1 aliphatic heterocycles. The van der Waals surface area contributed by atoms with Crippen LogP contribution in [0.15, 0.2) is 0 Å². The Kier molecular flexibility index (Phi) is 3.57. The van der Waals surface area contributed by atoms with E-state index in [9.17, 15) is 14.4 Å². The van der Waals surface area contributed by atoms with Gasteiger partial charge in [0.05, 0.1) is 5.56 Å². The molecule has 2 amide bonds. The highest BCUT2D eigenvalue weighted by Gasteiger charge is 2.29. The van der Waals surface area contributed by atoms with Gasteiger partial charge in [-0.1, -0.05) is 0 Å². The average molecular weight is 282 g/mol. The Balaban J connectivity index is 2.19. The van der Waals surface area contributed by atoms with Crippen molar-refractivity contribution >= 4 is 34.1 Å². The van der Waals surface area contributed by atoms with Gasteiger partial charge in [-0.25, -0.2) is 4.79 Å². The van der Waals surface area contributed by atoms with Gasteiger partial charge in [0, 0.05) is 11.3 Å². The average Bonchev–Trinajstić information content (AvgIpc) is 2.85. The fraction of sp³-hybridized carbons (Fsp3) is 0.417. The van der Waals surface area contributed by atoms with E-state index in [0.717, 1.165) is 4.88 Å². The second-order valence-corrected chi connectivity index (χ2v) is 5.67. The number of carbonyl (C=O) groups excluding carboxylic acids is 2. The smallest absolute Gasteiger partial charge is 0.338 e. The van der Waals surface area contributed by atoms with Crippen molar-refractivity contribution in [3.63, 3.8) is 0 Å². The second kappa shape index (κ2) is 5.00. The Bertz CT molecular complexity index is 564. The summed E-state index contributed by atoms with van der Waals surface area (Å²) in [7, 11) is 0. The second-order valence-electron chi connectivity index (χ2n) is 4.44. The van der Waals surface area contributed by atoms with Crippen LogP contribution in [0.3, 0.4) is 0 Å². The van der Waals surface area contributed by atoms with Crippen molar-refractivity contribution in [1.29, 1.82) is 0 Å². The number of nitrogens with one attached hydrogen (secondary N) is 2. The third kappa shape index (κ3) is 2.60. The molecule has 3 N–H and O–H groups in total. The molecule has 1 fully saturated rings. The van der Waals surface area contributed by atoms with Gasteiger partial charge < -0.3 is 15.7 Å². The number of hydrogen-bond donors (Lipinski definition) is 3. The molecule has 2 rings (SSSR count). The first-order valence-electron chi connectivity index (χ1n) is 5.83. The minimum Gasteiger partial charge on any atom is -0.478 e. The highest BCUT2D eigenvalue weighted by molar-refractivity contribution is 7.16. The number of rotatable bonds is 3. The van der Waals surface area contributed by atoms with E-state index in [2.05, 4.69) is 10.6 Å². The van der Waals surface area contributed by atoms with Gasteiger partial charge in [-0.15, -0.1) is 11.3 Å². The van der Waals surface area contributed by atoms with E-state index in [-0.39, 0.29) is 17.4 Å². The third-order valence-corrected chi connectivity index (χ3v) is 4.27. The van der Waals surface area contributed by atoms with Crippen LogP contribution in [0.1, 0.15) is 33.6 Å². The molecule has 1 aromatic heterocycles. The van der Waals surface area contributed by atoms with Crippen molar-refractivity contribution < 1.29 is 19.5 Å². The van der Waals surface area contributed by atoms with Gasteiger partial charge in [0.1, 0.15) is 11.0 Å². The van der Waals surface area contributed by atoms with Crippen LogP contribution in [-0.2, 0) is 9.59 Å². The number of amides is 2. The van der Waals surface area contributed by atoms with Crippen molar-refractivity contribution in [3.05, 3.63) is 16.0 Å². The van der Waals surface area contributed by atoms with Crippen molar-refractivity contribution in [2.75, 3.05) is 5.32 Å². The van der Waals surface area contributed by atoms with Crippen LogP contribution in [0.4, 0.5) is 5.00 Å². The van der Waals surface area contributed by atoms with Crippen LogP contribution in [0.25, 0.3) is 0 Å². The summed E-state index contributed by atoms with van der Waals surface area (Å²) in [6.07, 6.45) is 0.767. The normalized spacial score (nSPS) is 18.2. The molecule has 1 aromatic rings. The Morgan fingerprint density at radius 1 is 1.42 bits per heavy atom. The third-order valence-electron chi connectivity index (χ3n) is 3.15. The number of carboxylic acid groups (broad SMARTS) is 1. The van der Waals surface area contributed by atoms with Crippen LogP contribution in [-0.4, -0.2) is 28.9 Å². The molecule has 2 heterocycles. The molecule has 0 aromatic carbocycles. The van der Waals surface area contributed by atoms with Crippen LogP contribution >= 0.6 is 11.3 Å². The number of thiophene rings is 1. The zero-order valence-electron chi connectivity index (χ0n) is 10.6. The summed E-state index contributed by atoms with van der Waals surface area (Å²) in [5, 5.41) is 14.6. The Morgan fingerprint density at radius 3 is 2.63 bits per heavy atom. The molecular formula is C12H14N2O4S. The molecule has 0 saturated carbocycles. The predicted molar refractivity (Wildman–Crippen MR) is 70.5 cm³/mol. The topological polar surface area (TPSA) is 95.5 Å². The quantitative estimate of drug-likeness (QED) is 0.778. The molecule has 7 heteroatoms. The maximum absolute atomic E-state index is 11.9. The molecule has 1 aliphatic rings. The van der Waals surface area contributed by atoms with E-state index >= 15 is 0 Å². The van der Waals surface area contributed by atoms with Gasteiger partial charge in [-0.05, 0) is 25.8 Å². The molecule has 1 saturated heterocycles. The number of carboxylic acids is 1. The molecule has 0 radical (unpaired) electrons. The standard InChI is InChI=1S/C12H14N2O4S/c1-5-6(2)19-11(9(5)12(17)18)14-10(16)7-3-4-8(15)13-7/h7H,3-4H2,1-2H3,(H,13,15)(H,14,16)(H,17,18)/t7-/m1/s1. The lowest BCUT2D eigenvalue weighted by atomic mass is 10.1. The first kappa shape index (κ1) is 13.5. The van der Waals surface area contributed by atoms with Gasteiger partial charge in [0.25, 0.3) is 0 Å². The van der Waals surface area contributed by atoms with Crippen molar-refractivity contribution in [3.8, 4) is 0 Å². The van der Waals surface area contributed by atoms with E-state index in [1.54, 1.807) is 13.8 Å². The van der Waals surface area contributed by atoms with Crippen molar-refractivity contribution in [2.24, 2.45) is 0 Å². The van der Waals surface area contributed by atoms with Gasteiger partial charge in [-0.2, -0.15) is 0 Å². The molecule has 0 unspecified atom stereocenters. The van der Waals surface area contributed by atoms with Gasteiger partial charge >= 0.3 is 5.97 Å². The van der Waals surface area contributed by atoms with Crippen LogP contribution in [0, 0.1) is 13.8 Å². The lowest BCUT2D eigenvalue weighted by Crippen LogP contribution is -2.37. The Hall–Kier alpha value is -1.89. The van der Waals surface area contributed by atoms with Crippen molar-refractivity contribution in [2.45, 2.75) is 32.7 Å². The van der Waals surface area contributed by atoms with Gasteiger partial charge in [0.15, 0.2) is 0 Å². The van der Waals surface area contributed by atoms with Crippen LogP contribution < -0.4 is 10.6 Å². The summed E-state index contributed by atoms with van der Waals surface area (Å²) >= 11 is 1.23. The number of carbonyl (C=O) groups is 3. The summed E-state index contributed by atoms with van der Waals surface area (Å²) in [4.78, 5) is 35.1. The SMILES string of the molecule is Cc1sc(NC(=O)[C@H]2CCC(=O)N2)c(C(=O)O)c1C. The lowest BCUT2D eigenvalue weighted by Gasteiger charge is -2.10. The van der Waals surface area contributed by atoms with Crippen LogP contribution in [0.2, 0.25) is 0 Å². The largest absolute Gasteiger partial charge is 0.478 e. The fourth-order valence-electron chi connectivity index (χ4n) is 1.98. The van der Waals surface area contributed by atoms with E-state index in [1.807, 2.05) is 0 Å². The van der Waals surface area contributed by atoms with Gasteiger partial charge in [0.2, 0.25) is 11.8 Å². The molecule has 6 nitrogen and oxygen atoms in total. The number of anilines is 1. The van der Waals surface area contributed by atoms with E-state index in [0.29, 0.717) is 23.4 Å². The summed E-state index contributed by atoms with van der Waals surface area (Å²) < 4.78 is 0. The molecule has 0 aliphatic carbocycles. The number of hydrogen-bond acceptors (Lipinski definition) is 4. The minimum atomic E-state index is -1.06. The van der Waals surface area contributed by atoms with E-state index < -0.39 is 12.0 Å². The summed E-state index contributed by atoms with van der Waals surface area (Å²) in [6, 6.07) is -0.572. The minimum absolute atomic E-state index is 0.125. The summed E-state index contributed by atoms with van der Waals surface area (Å²) in [5.74, 6) is -1.58. The zero-order valence-corrected chi connectivity index (χ0v) is 11.4. The summed E-state index contributed by atoms with van der Waals surface area (Å²) in [6.45, 7) is 3.52. The molecule has 1 atom stereocenters. The maximum Gasteiger partial charge on any atom is 0.338 e. The van der Waals surface area contributed by atoms with E-state index in [4.69, 9.17) is 5.11 Å². The highest BCUT2D eigenvalue weighted by Crippen LogP contribution is 2.32. The Morgan fingerprint density at radius 2 is 2.11 bits per heavy atom. The lowest BCUT2D eigenvalue weighted by molar-refractivity contribution is -0.122. The first-order valence-corrected chi connectivity index (χ1v) is 6.65. The molecule has 19 heavy (non-hydrogen) atoms. The van der Waals surface area contributed by atoms with Crippen molar-refractivity contribution in [1.82, 2.24) is 5.32 Å². The summed E-state index contributed by atoms with van der Waals surface area (Å²) in [5.41, 5.74) is 0.781. The Labute approximate surface area is 113 Å². The fourth-order valence-corrected chi connectivity index (χ4v) is 3.04. The number of aryl methyl sites for hydroxylation is 1. The van der Waals surface area contributed by atoms with Crippen LogP contribution in [0.5, 0.6) is 0 Å². The molecule has 0 bridgehead atoms.